The normalized spacial score (nSPS) is 18.3. The van der Waals surface area contributed by atoms with Gasteiger partial charge in [0.05, 0.1) is 39.5 Å². The van der Waals surface area contributed by atoms with Gasteiger partial charge in [-0.3, -0.25) is 9.78 Å². The summed E-state index contributed by atoms with van der Waals surface area (Å²) in [6, 6.07) is 25.4. The number of nitrogens with one attached hydrogen (secondary N) is 1. The summed E-state index contributed by atoms with van der Waals surface area (Å²) in [5, 5.41) is 15.9. The SMILES string of the molecule is COc1ccc(C(OC[C@H]2O[C@@H](n3ncc4c(=O)[nH]c(N=CN(C)C)nc43)C[C@@H]2O)(c2ccccc2)c2ccc(OC)cc2)cc1. The third-order valence-corrected chi connectivity index (χ3v) is 7.98. The predicted octanol–water partition coefficient (Wildman–Crippen LogP) is 4.02. The van der Waals surface area contributed by atoms with Crippen LogP contribution >= 0.6 is 0 Å². The van der Waals surface area contributed by atoms with Crippen molar-refractivity contribution in [1.29, 1.82) is 0 Å². The van der Waals surface area contributed by atoms with E-state index < -0.39 is 24.0 Å². The van der Waals surface area contributed by atoms with Gasteiger partial charge in [0, 0.05) is 20.5 Å². The predicted molar refractivity (Wildman–Crippen MR) is 173 cm³/mol. The zero-order chi connectivity index (χ0) is 32.3. The molecule has 0 spiro atoms. The Morgan fingerprint density at radius 2 is 1.61 bits per heavy atom. The van der Waals surface area contributed by atoms with Gasteiger partial charge in [0.25, 0.3) is 5.56 Å². The van der Waals surface area contributed by atoms with Gasteiger partial charge in [0.1, 0.15) is 28.6 Å². The first-order valence-corrected chi connectivity index (χ1v) is 14.8. The van der Waals surface area contributed by atoms with Gasteiger partial charge >= 0.3 is 0 Å². The van der Waals surface area contributed by atoms with Crippen molar-refractivity contribution >= 4 is 23.3 Å². The zero-order valence-corrected chi connectivity index (χ0v) is 26.0. The molecule has 0 bridgehead atoms. The summed E-state index contributed by atoms with van der Waals surface area (Å²) >= 11 is 0. The van der Waals surface area contributed by atoms with E-state index in [-0.39, 0.29) is 24.5 Å². The molecule has 3 atom stereocenters. The Balaban J connectivity index is 1.35. The van der Waals surface area contributed by atoms with Gasteiger partial charge in [-0.1, -0.05) is 54.6 Å². The lowest BCUT2D eigenvalue weighted by Gasteiger charge is -2.37. The van der Waals surface area contributed by atoms with Crippen molar-refractivity contribution in [3.63, 3.8) is 0 Å². The van der Waals surface area contributed by atoms with Gasteiger partial charge in [-0.15, -0.1) is 0 Å². The summed E-state index contributed by atoms with van der Waals surface area (Å²) in [6.45, 7) is 0.0379. The largest absolute Gasteiger partial charge is 0.497 e. The molecule has 6 rings (SSSR count). The van der Waals surface area contributed by atoms with Crippen LogP contribution in [0.2, 0.25) is 0 Å². The van der Waals surface area contributed by atoms with Gasteiger partial charge in [-0.2, -0.15) is 10.1 Å². The van der Waals surface area contributed by atoms with Crippen LogP contribution in [0.25, 0.3) is 11.0 Å². The van der Waals surface area contributed by atoms with E-state index >= 15 is 0 Å². The first kappa shape index (κ1) is 31.0. The van der Waals surface area contributed by atoms with E-state index in [1.54, 1.807) is 25.5 Å². The van der Waals surface area contributed by atoms with Gasteiger partial charge in [-0.25, -0.2) is 9.67 Å². The number of aliphatic hydroxyl groups is 1. The molecule has 0 amide bonds. The number of aromatic nitrogens is 4. The number of rotatable bonds is 11. The van der Waals surface area contributed by atoms with Crippen molar-refractivity contribution in [3.05, 3.63) is 112 Å². The van der Waals surface area contributed by atoms with Crippen LogP contribution in [0.4, 0.5) is 5.95 Å². The molecule has 0 aliphatic carbocycles. The highest BCUT2D eigenvalue weighted by molar-refractivity contribution is 5.74. The standard InChI is InChI=1S/C34H36N6O6/c1-39(2)21-35-33-37-31-27(32(42)38-33)19-36-40(31)30-18-28(41)29(46-30)20-45-34(22-8-6-5-7-9-22,23-10-14-25(43-3)15-11-23)24-12-16-26(44-4)17-13-24/h5-17,19,21,28-30,41H,18,20H2,1-4H3,(H,37,38,42)/t28-,29+,30+/m0/s1. The number of hydrogen-bond acceptors (Lipinski definition) is 9. The van der Waals surface area contributed by atoms with E-state index in [0.29, 0.717) is 22.5 Å². The summed E-state index contributed by atoms with van der Waals surface area (Å²) in [7, 11) is 6.88. The van der Waals surface area contributed by atoms with Crippen LogP contribution in [-0.4, -0.2) is 83.2 Å². The number of H-pyrrole nitrogens is 1. The molecule has 0 radical (unpaired) electrons. The molecule has 1 aliphatic rings. The molecule has 2 N–H and O–H groups in total. The number of hydrogen-bond donors (Lipinski definition) is 2. The van der Waals surface area contributed by atoms with Crippen molar-refractivity contribution < 1.29 is 24.1 Å². The number of fused-ring (bicyclic) bond motifs is 1. The van der Waals surface area contributed by atoms with Crippen LogP contribution in [0.3, 0.4) is 0 Å². The summed E-state index contributed by atoms with van der Waals surface area (Å²) < 4.78 is 25.7. The van der Waals surface area contributed by atoms with E-state index in [4.69, 9.17) is 18.9 Å². The minimum absolute atomic E-state index is 0.0379. The summed E-state index contributed by atoms with van der Waals surface area (Å²) in [6.07, 6.45) is 0.926. The zero-order valence-electron chi connectivity index (χ0n) is 26.0. The van der Waals surface area contributed by atoms with Crippen LogP contribution < -0.4 is 15.0 Å². The van der Waals surface area contributed by atoms with Crippen LogP contribution in [0.5, 0.6) is 11.5 Å². The molecule has 3 aromatic carbocycles. The Kier molecular flexibility index (Phi) is 8.84. The van der Waals surface area contributed by atoms with Gasteiger partial charge < -0.3 is 29.0 Å². The molecule has 0 unspecified atom stereocenters. The molecule has 12 nitrogen and oxygen atoms in total. The number of benzene rings is 3. The Bertz CT molecular complexity index is 1810. The molecule has 5 aromatic rings. The highest BCUT2D eigenvalue weighted by Crippen LogP contribution is 2.43. The fraction of sp³-hybridized carbons (Fsp3) is 0.294. The minimum atomic E-state index is -1.08. The molecule has 3 heterocycles. The summed E-state index contributed by atoms with van der Waals surface area (Å²) in [5.41, 5.74) is 1.48. The molecule has 238 valence electrons. The Hall–Kier alpha value is -5.04. The fourth-order valence-corrected chi connectivity index (χ4v) is 5.66. The van der Waals surface area contributed by atoms with Gasteiger partial charge in [-0.05, 0) is 41.0 Å². The Morgan fingerprint density at radius 3 is 2.20 bits per heavy atom. The third kappa shape index (κ3) is 5.97. The minimum Gasteiger partial charge on any atom is -0.497 e. The summed E-state index contributed by atoms with van der Waals surface area (Å²) in [5.74, 6) is 1.57. The molecule has 1 fully saturated rings. The first-order valence-electron chi connectivity index (χ1n) is 14.8. The van der Waals surface area contributed by atoms with Crippen LogP contribution in [0.1, 0.15) is 29.3 Å². The van der Waals surface area contributed by atoms with Crippen molar-refractivity contribution in [3.8, 4) is 11.5 Å². The molecular formula is C34H36N6O6. The van der Waals surface area contributed by atoms with Crippen LogP contribution in [0, 0.1) is 0 Å². The van der Waals surface area contributed by atoms with Gasteiger partial charge in [0.2, 0.25) is 5.95 Å². The second kappa shape index (κ2) is 13.1. The highest BCUT2D eigenvalue weighted by Gasteiger charge is 2.42. The quantitative estimate of drug-likeness (QED) is 0.127. The lowest BCUT2D eigenvalue weighted by molar-refractivity contribution is -0.0949. The molecule has 2 aromatic heterocycles. The van der Waals surface area contributed by atoms with Crippen molar-refractivity contribution in [2.75, 3.05) is 34.9 Å². The maximum absolute atomic E-state index is 12.7. The van der Waals surface area contributed by atoms with E-state index in [1.165, 1.54) is 10.9 Å². The van der Waals surface area contributed by atoms with Crippen molar-refractivity contribution in [2.45, 2.75) is 30.5 Å². The molecule has 1 aliphatic heterocycles. The Morgan fingerprint density at radius 1 is 1.00 bits per heavy atom. The summed E-state index contributed by atoms with van der Waals surface area (Å²) in [4.78, 5) is 25.9. The maximum Gasteiger partial charge on any atom is 0.263 e. The molecular weight excluding hydrogens is 588 g/mol. The fourth-order valence-electron chi connectivity index (χ4n) is 5.66. The van der Waals surface area contributed by atoms with Gasteiger partial charge in [0.15, 0.2) is 11.9 Å². The lowest BCUT2D eigenvalue weighted by atomic mass is 9.80. The van der Waals surface area contributed by atoms with E-state index in [9.17, 15) is 9.90 Å². The lowest BCUT2D eigenvalue weighted by Crippen LogP contribution is -2.38. The number of aliphatic hydroxyl groups excluding tert-OH is 1. The molecule has 0 saturated carbocycles. The maximum atomic E-state index is 12.7. The topological polar surface area (TPSA) is 136 Å². The third-order valence-electron chi connectivity index (χ3n) is 7.98. The average molecular weight is 625 g/mol. The second-order valence-electron chi connectivity index (χ2n) is 11.2. The monoisotopic (exact) mass is 624 g/mol. The molecule has 1 saturated heterocycles. The van der Waals surface area contributed by atoms with E-state index in [1.807, 2.05) is 93.0 Å². The number of aromatic amines is 1. The Labute approximate surface area is 265 Å². The van der Waals surface area contributed by atoms with E-state index in [0.717, 1.165) is 16.7 Å². The first-order chi connectivity index (χ1) is 22.3. The van der Waals surface area contributed by atoms with Crippen molar-refractivity contribution in [1.82, 2.24) is 24.6 Å². The number of ether oxygens (including phenoxy) is 4. The van der Waals surface area contributed by atoms with Crippen LogP contribution in [0.15, 0.2) is 94.8 Å². The smallest absolute Gasteiger partial charge is 0.263 e. The molecule has 46 heavy (non-hydrogen) atoms. The number of methoxy groups -OCH3 is 2. The average Bonchev–Trinajstić information content (AvgIpc) is 3.68. The number of nitrogens with zero attached hydrogens (tertiary/aromatic N) is 5. The molecule has 12 heteroatoms. The van der Waals surface area contributed by atoms with Crippen LogP contribution in [-0.2, 0) is 15.1 Å². The second-order valence-corrected chi connectivity index (χ2v) is 11.2. The van der Waals surface area contributed by atoms with E-state index in [2.05, 4.69) is 20.1 Å². The number of aliphatic imine (C=N–C) groups is 1. The van der Waals surface area contributed by atoms with Crippen molar-refractivity contribution in [2.24, 2.45) is 4.99 Å². The highest BCUT2D eigenvalue weighted by atomic mass is 16.6.